The molecule has 0 aliphatic rings. The average Bonchev–Trinajstić information content (AvgIpc) is 3.29. The van der Waals surface area contributed by atoms with E-state index in [1.165, 1.54) is 103 Å². The van der Waals surface area contributed by atoms with Crippen molar-refractivity contribution in [1.82, 2.24) is 0 Å². The molecule has 0 N–H and O–H groups in total. The maximum absolute atomic E-state index is 6.73. The van der Waals surface area contributed by atoms with Gasteiger partial charge in [0.15, 0.2) is 34.5 Å². The summed E-state index contributed by atoms with van der Waals surface area (Å²) in [4.78, 5) is 0. The quantitative estimate of drug-likeness (QED) is 0.0329. The first-order valence-corrected chi connectivity index (χ1v) is 26.4. The fourth-order valence-electron chi connectivity index (χ4n) is 8.49. The number of ether oxygens (including phenoxy) is 6. The van der Waals surface area contributed by atoms with Crippen molar-refractivity contribution in [2.24, 2.45) is 0 Å². The molecule has 0 aliphatic carbocycles. The lowest BCUT2D eigenvalue weighted by Gasteiger charge is -2.21. The predicted octanol–water partition coefficient (Wildman–Crippen LogP) is 18.1. The van der Waals surface area contributed by atoms with Gasteiger partial charge in [-0.3, -0.25) is 0 Å². The summed E-state index contributed by atoms with van der Waals surface area (Å²) >= 11 is 0. The maximum atomic E-state index is 6.73. The van der Waals surface area contributed by atoms with E-state index in [0.717, 1.165) is 137 Å². The van der Waals surface area contributed by atoms with Crippen molar-refractivity contribution in [3.63, 3.8) is 0 Å². The van der Waals surface area contributed by atoms with E-state index in [2.05, 4.69) is 77.9 Å². The SMILES string of the molecule is CCCCCCCCCOc1cc2c3cc(OCCCCCC)c(OCCCCCC)cc3c3cc(OCCCCCC)c(OCCCCCC)cc3c2cc1OCCCCCC. The molecular formula is C57H90O6. The summed E-state index contributed by atoms with van der Waals surface area (Å²) in [6, 6.07) is 13.5. The molecule has 6 heteroatoms. The molecule has 0 bridgehead atoms. The summed E-state index contributed by atoms with van der Waals surface area (Å²) in [5.41, 5.74) is 0. The molecule has 4 aromatic rings. The molecule has 6 nitrogen and oxygen atoms in total. The van der Waals surface area contributed by atoms with Gasteiger partial charge in [-0.25, -0.2) is 0 Å². The fourth-order valence-corrected chi connectivity index (χ4v) is 8.49. The van der Waals surface area contributed by atoms with Gasteiger partial charge in [0.05, 0.1) is 39.6 Å². The molecule has 0 heterocycles. The Labute approximate surface area is 384 Å². The topological polar surface area (TPSA) is 55.4 Å². The van der Waals surface area contributed by atoms with Gasteiger partial charge in [0.25, 0.3) is 0 Å². The van der Waals surface area contributed by atoms with E-state index in [1.807, 2.05) is 0 Å². The van der Waals surface area contributed by atoms with Crippen LogP contribution in [0.25, 0.3) is 32.3 Å². The van der Waals surface area contributed by atoms with Crippen molar-refractivity contribution in [2.75, 3.05) is 39.6 Å². The standard InChI is InChI=1S/C57H90O6/c1-7-13-19-25-26-27-33-39-63-57-45-51-49-43-55(61-37-31-23-17-11-5)53(59-35-29-21-15-9-3)41-47(49)46-40-52(58-34-28-20-14-8-2)54(60-36-30-22-16-10-4)42-48(46)50(51)44-56(57)62-38-32-24-18-12-6/h40-45H,7-39H2,1-6H3. The molecule has 354 valence electrons. The monoisotopic (exact) mass is 871 g/mol. The Bertz CT molecular complexity index is 1770. The third-order valence-electron chi connectivity index (χ3n) is 12.4. The Morgan fingerprint density at radius 2 is 0.349 bits per heavy atom. The molecule has 63 heavy (non-hydrogen) atoms. The predicted molar refractivity (Wildman–Crippen MR) is 271 cm³/mol. The minimum absolute atomic E-state index is 0.667. The first kappa shape index (κ1) is 52.1. The number of benzene rings is 4. The van der Waals surface area contributed by atoms with Gasteiger partial charge >= 0.3 is 0 Å². The van der Waals surface area contributed by atoms with Crippen LogP contribution in [-0.2, 0) is 0 Å². The highest BCUT2D eigenvalue weighted by molar-refractivity contribution is 6.26. The zero-order chi connectivity index (χ0) is 44.7. The lowest BCUT2D eigenvalue weighted by atomic mass is 9.93. The molecule has 0 unspecified atom stereocenters. The summed E-state index contributed by atoms with van der Waals surface area (Å²) in [6.07, 6.45) is 31.7. The molecule has 0 fully saturated rings. The van der Waals surface area contributed by atoms with Crippen LogP contribution in [0.4, 0.5) is 0 Å². The first-order valence-electron chi connectivity index (χ1n) is 26.4. The number of unbranched alkanes of at least 4 members (excludes halogenated alkanes) is 21. The largest absolute Gasteiger partial charge is 0.490 e. The summed E-state index contributed by atoms with van der Waals surface area (Å²) in [5, 5.41) is 6.73. The van der Waals surface area contributed by atoms with Gasteiger partial charge < -0.3 is 28.4 Å². The van der Waals surface area contributed by atoms with E-state index < -0.39 is 0 Å². The average molecular weight is 871 g/mol. The van der Waals surface area contributed by atoms with Crippen LogP contribution in [0, 0.1) is 0 Å². The van der Waals surface area contributed by atoms with Crippen molar-refractivity contribution >= 4 is 32.3 Å². The van der Waals surface area contributed by atoms with E-state index >= 15 is 0 Å². The minimum atomic E-state index is 0.667. The van der Waals surface area contributed by atoms with Crippen LogP contribution < -0.4 is 28.4 Å². The van der Waals surface area contributed by atoms with Gasteiger partial charge in [-0.1, -0.05) is 176 Å². The maximum Gasteiger partial charge on any atom is 0.161 e. The van der Waals surface area contributed by atoms with Gasteiger partial charge in [-0.15, -0.1) is 0 Å². The van der Waals surface area contributed by atoms with E-state index in [4.69, 9.17) is 28.4 Å². The highest BCUT2D eigenvalue weighted by Gasteiger charge is 2.21. The highest BCUT2D eigenvalue weighted by Crippen LogP contribution is 2.47. The number of rotatable bonds is 39. The molecule has 0 spiro atoms. The molecule has 4 rings (SSSR count). The van der Waals surface area contributed by atoms with Crippen LogP contribution in [0.2, 0.25) is 0 Å². The third kappa shape index (κ3) is 18.1. The summed E-state index contributed by atoms with van der Waals surface area (Å²) < 4.78 is 40.1. The van der Waals surface area contributed by atoms with Crippen LogP contribution in [0.1, 0.15) is 215 Å². The first-order chi connectivity index (χ1) is 31.1. The van der Waals surface area contributed by atoms with E-state index in [9.17, 15) is 0 Å². The van der Waals surface area contributed by atoms with Crippen molar-refractivity contribution in [1.29, 1.82) is 0 Å². The van der Waals surface area contributed by atoms with Crippen molar-refractivity contribution in [3.05, 3.63) is 36.4 Å². The van der Waals surface area contributed by atoms with Crippen molar-refractivity contribution < 1.29 is 28.4 Å². The Hall–Kier alpha value is -3.54. The van der Waals surface area contributed by atoms with Gasteiger partial charge in [-0.2, -0.15) is 0 Å². The molecule has 0 amide bonds. The Kier molecular flexibility index (Phi) is 26.6. The number of hydrogen-bond donors (Lipinski definition) is 0. The van der Waals surface area contributed by atoms with Crippen LogP contribution in [0.15, 0.2) is 36.4 Å². The van der Waals surface area contributed by atoms with Crippen molar-refractivity contribution in [2.45, 2.75) is 215 Å². The second-order valence-electron chi connectivity index (χ2n) is 18.0. The summed E-state index contributed by atoms with van der Waals surface area (Å²) in [6.45, 7) is 17.6. The summed E-state index contributed by atoms with van der Waals surface area (Å²) in [7, 11) is 0. The fraction of sp³-hybridized carbons (Fsp3) is 0.684. The highest BCUT2D eigenvalue weighted by atomic mass is 16.5. The molecular weight excluding hydrogens is 781 g/mol. The third-order valence-corrected chi connectivity index (χ3v) is 12.4. The normalized spacial score (nSPS) is 11.5. The number of fused-ring (bicyclic) bond motifs is 6. The molecule has 0 aliphatic heterocycles. The van der Waals surface area contributed by atoms with Crippen LogP contribution in [-0.4, -0.2) is 39.6 Å². The Morgan fingerprint density at radius 1 is 0.206 bits per heavy atom. The Balaban J connectivity index is 1.91. The van der Waals surface area contributed by atoms with Gasteiger partial charge in [0.1, 0.15) is 0 Å². The Morgan fingerprint density at radius 3 is 0.524 bits per heavy atom. The molecule has 0 aromatic heterocycles. The van der Waals surface area contributed by atoms with Crippen LogP contribution in [0.3, 0.4) is 0 Å². The molecule has 0 saturated heterocycles. The zero-order valence-corrected chi connectivity index (χ0v) is 41.2. The minimum Gasteiger partial charge on any atom is -0.490 e. The zero-order valence-electron chi connectivity index (χ0n) is 41.2. The summed E-state index contributed by atoms with van der Waals surface area (Å²) in [5.74, 6) is 4.90. The smallest absolute Gasteiger partial charge is 0.161 e. The van der Waals surface area contributed by atoms with Crippen molar-refractivity contribution in [3.8, 4) is 34.5 Å². The van der Waals surface area contributed by atoms with Crippen LogP contribution >= 0.6 is 0 Å². The molecule has 0 saturated carbocycles. The number of hydrogen-bond acceptors (Lipinski definition) is 6. The second kappa shape index (κ2) is 32.2. The molecule has 4 aromatic carbocycles. The lowest BCUT2D eigenvalue weighted by Crippen LogP contribution is -2.05. The molecule has 0 atom stereocenters. The van der Waals surface area contributed by atoms with Crippen LogP contribution in [0.5, 0.6) is 34.5 Å². The van der Waals surface area contributed by atoms with Gasteiger partial charge in [0, 0.05) is 0 Å². The van der Waals surface area contributed by atoms with Gasteiger partial charge in [-0.05, 0) is 107 Å². The van der Waals surface area contributed by atoms with E-state index in [-0.39, 0.29) is 0 Å². The van der Waals surface area contributed by atoms with E-state index in [1.54, 1.807) is 0 Å². The van der Waals surface area contributed by atoms with Gasteiger partial charge in [0.2, 0.25) is 0 Å². The molecule has 0 radical (unpaired) electrons. The van der Waals surface area contributed by atoms with E-state index in [0.29, 0.717) is 39.6 Å². The second-order valence-corrected chi connectivity index (χ2v) is 18.0. The lowest BCUT2D eigenvalue weighted by molar-refractivity contribution is 0.259.